The molecule has 3 rings (SSSR count). The van der Waals surface area contributed by atoms with Crippen molar-refractivity contribution < 1.29 is 4.74 Å². The molecule has 2 aliphatic heterocycles. The second-order valence-electron chi connectivity index (χ2n) is 5.48. The van der Waals surface area contributed by atoms with E-state index in [1.165, 1.54) is 31.2 Å². The van der Waals surface area contributed by atoms with E-state index < -0.39 is 0 Å². The van der Waals surface area contributed by atoms with E-state index in [-0.39, 0.29) is 0 Å². The van der Waals surface area contributed by atoms with Crippen molar-refractivity contribution in [3.63, 3.8) is 0 Å². The number of benzene rings is 1. The number of rotatable bonds is 3. The Labute approximate surface area is 104 Å². The first-order valence-electron chi connectivity index (χ1n) is 6.71. The van der Waals surface area contributed by atoms with Gasteiger partial charge in [0.1, 0.15) is 0 Å². The van der Waals surface area contributed by atoms with Crippen LogP contribution in [0, 0.1) is 0 Å². The average Bonchev–Trinajstić information content (AvgIpc) is 2.69. The van der Waals surface area contributed by atoms with Crippen LogP contribution in [0.3, 0.4) is 0 Å². The van der Waals surface area contributed by atoms with Crippen LogP contribution in [0.2, 0.25) is 0 Å². The van der Waals surface area contributed by atoms with Gasteiger partial charge in [0.2, 0.25) is 0 Å². The van der Waals surface area contributed by atoms with E-state index in [1.807, 2.05) is 0 Å². The van der Waals surface area contributed by atoms with Crippen molar-refractivity contribution in [1.29, 1.82) is 0 Å². The van der Waals surface area contributed by atoms with Crippen LogP contribution in [-0.4, -0.2) is 30.2 Å². The van der Waals surface area contributed by atoms with Crippen molar-refractivity contribution >= 4 is 0 Å². The van der Waals surface area contributed by atoms with Gasteiger partial charge in [0.05, 0.1) is 12.2 Å². The summed E-state index contributed by atoms with van der Waals surface area (Å²) in [5, 5.41) is 0. The second kappa shape index (κ2) is 4.79. The highest BCUT2D eigenvalue weighted by Gasteiger charge is 2.36. The maximum atomic E-state index is 5.90. The fraction of sp³-hybridized carbons (Fsp3) is 0.600. The fourth-order valence-corrected chi connectivity index (χ4v) is 3.19. The number of hydrogen-bond donors (Lipinski definition) is 0. The lowest BCUT2D eigenvalue weighted by Gasteiger charge is -2.35. The Morgan fingerprint density at radius 1 is 1.12 bits per heavy atom. The van der Waals surface area contributed by atoms with Crippen molar-refractivity contribution in [3.05, 3.63) is 35.9 Å². The van der Waals surface area contributed by atoms with E-state index >= 15 is 0 Å². The zero-order chi connectivity index (χ0) is 11.7. The van der Waals surface area contributed by atoms with Gasteiger partial charge in [-0.05, 0) is 38.3 Å². The van der Waals surface area contributed by atoms with Gasteiger partial charge in [-0.25, -0.2) is 0 Å². The predicted molar refractivity (Wildman–Crippen MR) is 68.8 cm³/mol. The highest BCUT2D eigenvalue weighted by molar-refractivity contribution is 5.14. The van der Waals surface area contributed by atoms with Crippen molar-refractivity contribution in [2.45, 2.75) is 50.5 Å². The SMILES string of the molecule is CN(Cc1ccccc1)C1C[C@H]2CC[C@@H](C1)O2. The third-order valence-corrected chi connectivity index (χ3v) is 4.16. The Balaban J connectivity index is 1.61. The van der Waals surface area contributed by atoms with Gasteiger partial charge in [0, 0.05) is 12.6 Å². The summed E-state index contributed by atoms with van der Waals surface area (Å²) in [5.41, 5.74) is 1.41. The van der Waals surface area contributed by atoms with Crippen molar-refractivity contribution in [1.82, 2.24) is 4.90 Å². The van der Waals surface area contributed by atoms with Gasteiger partial charge in [0.25, 0.3) is 0 Å². The lowest BCUT2D eigenvalue weighted by atomic mass is 10.0. The Hall–Kier alpha value is -0.860. The van der Waals surface area contributed by atoms with Gasteiger partial charge in [-0.3, -0.25) is 4.90 Å². The van der Waals surface area contributed by atoms with E-state index in [9.17, 15) is 0 Å². The molecule has 2 nitrogen and oxygen atoms in total. The molecule has 3 atom stereocenters. The summed E-state index contributed by atoms with van der Waals surface area (Å²) in [6, 6.07) is 11.5. The van der Waals surface area contributed by atoms with E-state index in [4.69, 9.17) is 4.74 Å². The Morgan fingerprint density at radius 2 is 1.76 bits per heavy atom. The first kappa shape index (κ1) is 11.2. The van der Waals surface area contributed by atoms with Crippen molar-refractivity contribution in [2.24, 2.45) is 0 Å². The molecule has 92 valence electrons. The highest BCUT2D eigenvalue weighted by atomic mass is 16.5. The molecule has 1 aromatic carbocycles. The lowest BCUT2D eigenvalue weighted by molar-refractivity contribution is -0.0328. The molecule has 2 fully saturated rings. The van der Waals surface area contributed by atoms with Crippen molar-refractivity contribution in [3.8, 4) is 0 Å². The van der Waals surface area contributed by atoms with Crippen LogP contribution in [0.15, 0.2) is 30.3 Å². The largest absolute Gasteiger partial charge is 0.375 e. The monoisotopic (exact) mass is 231 g/mol. The smallest absolute Gasteiger partial charge is 0.0594 e. The van der Waals surface area contributed by atoms with Crippen molar-refractivity contribution in [2.75, 3.05) is 7.05 Å². The van der Waals surface area contributed by atoms with Gasteiger partial charge in [-0.1, -0.05) is 30.3 Å². The Morgan fingerprint density at radius 3 is 2.41 bits per heavy atom. The number of fused-ring (bicyclic) bond motifs is 2. The standard InChI is InChI=1S/C15H21NO/c1-16(11-12-5-3-2-4-6-12)13-9-14-7-8-15(10-13)17-14/h2-6,13-15H,7-11H2,1H3/t13?,14-,15+. The minimum atomic E-state index is 0.539. The van der Waals surface area contributed by atoms with E-state index in [2.05, 4.69) is 42.3 Å². The minimum Gasteiger partial charge on any atom is -0.375 e. The highest BCUT2D eigenvalue weighted by Crippen LogP contribution is 2.34. The third kappa shape index (κ3) is 2.53. The molecular formula is C15H21NO. The molecule has 1 unspecified atom stereocenters. The topological polar surface area (TPSA) is 12.5 Å². The average molecular weight is 231 g/mol. The third-order valence-electron chi connectivity index (χ3n) is 4.16. The molecule has 0 saturated carbocycles. The summed E-state index contributed by atoms with van der Waals surface area (Å²) in [6.07, 6.45) is 6.08. The summed E-state index contributed by atoms with van der Waals surface area (Å²) in [5.74, 6) is 0. The maximum absolute atomic E-state index is 5.90. The molecular weight excluding hydrogens is 210 g/mol. The first-order chi connectivity index (χ1) is 8.31. The summed E-state index contributed by atoms with van der Waals surface area (Å²) in [4.78, 5) is 2.50. The van der Waals surface area contributed by atoms with E-state index in [0.29, 0.717) is 18.2 Å². The molecule has 0 radical (unpaired) electrons. The molecule has 1 aromatic rings. The normalized spacial score (nSPS) is 32.0. The lowest BCUT2D eigenvalue weighted by Crippen LogP contribution is -2.39. The molecule has 0 spiro atoms. The van der Waals surface area contributed by atoms with Gasteiger partial charge in [-0.15, -0.1) is 0 Å². The molecule has 2 heteroatoms. The second-order valence-corrected chi connectivity index (χ2v) is 5.48. The van der Waals surface area contributed by atoms with Crippen LogP contribution < -0.4 is 0 Å². The minimum absolute atomic E-state index is 0.539. The predicted octanol–water partition coefficient (Wildman–Crippen LogP) is 2.83. The molecule has 0 aromatic heterocycles. The first-order valence-corrected chi connectivity index (χ1v) is 6.71. The molecule has 2 saturated heterocycles. The van der Waals surface area contributed by atoms with Crippen LogP contribution in [0.4, 0.5) is 0 Å². The quantitative estimate of drug-likeness (QED) is 0.793. The molecule has 0 aliphatic carbocycles. The van der Waals surface area contributed by atoms with Gasteiger partial charge in [-0.2, -0.15) is 0 Å². The van der Waals surface area contributed by atoms with Crippen LogP contribution in [0.5, 0.6) is 0 Å². The summed E-state index contributed by atoms with van der Waals surface area (Å²) in [6.45, 7) is 1.06. The van der Waals surface area contributed by atoms with Crippen LogP contribution in [0.25, 0.3) is 0 Å². The zero-order valence-electron chi connectivity index (χ0n) is 10.5. The van der Waals surface area contributed by atoms with E-state index in [0.717, 1.165) is 6.54 Å². The van der Waals surface area contributed by atoms with Crippen LogP contribution >= 0.6 is 0 Å². The number of ether oxygens (including phenoxy) is 1. The molecule has 2 aliphatic rings. The summed E-state index contributed by atoms with van der Waals surface area (Å²) < 4.78 is 5.90. The molecule has 2 bridgehead atoms. The van der Waals surface area contributed by atoms with Crippen LogP contribution in [-0.2, 0) is 11.3 Å². The Kier molecular flexibility index (Phi) is 3.17. The Bertz CT molecular complexity index is 352. The number of hydrogen-bond acceptors (Lipinski definition) is 2. The molecule has 17 heavy (non-hydrogen) atoms. The van der Waals surface area contributed by atoms with Gasteiger partial charge in [0.15, 0.2) is 0 Å². The molecule has 0 amide bonds. The van der Waals surface area contributed by atoms with E-state index in [1.54, 1.807) is 0 Å². The molecule has 2 heterocycles. The zero-order valence-corrected chi connectivity index (χ0v) is 10.5. The summed E-state index contributed by atoms with van der Waals surface area (Å²) in [7, 11) is 2.25. The fourth-order valence-electron chi connectivity index (χ4n) is 3.19. The molecule has 0 N–H and O–H groups in total. The maximum Gasteiger partial charge on any atom is 0.0594 e. The summed E-state index contributed by atoms with van der Waals surface area (Å²) >= 11 is 0. The van der Waals surface area contributed by atoms with Gasteiger partial charge >= 0.3 is 0 Å². The number of nitrogens with zero attached hydrogens (tertiary/aromatic N) is 1. The van der Waals surface area contributed by atoms with Gasteiger partial charge < -0.3 is 4.74 Å². The van der Waals surface area contributed by atoms with Crippen LogP contribution in [0.1, 0.15) is 31.2 Å².